The van der Waals surface area contributed by atoms with Gasteiger partial charge in [-0.05, 0) is 6.42 Å². The molecule has 7 heteroatoms. The quantitative estimate of drug-likeness (QED) is 0.610. The maximum atomic E-state index is 11.4. The smallest absolute Gasteiger partial charge is 0.296 e. The van der Waals surface area contributed by atoms with Gasteiger partial charge in [0, 0.05) is 25.7 Å². The van der Waals surface area contributed by atoms with Crippen molar-refractivity contribution in [3.63, 3.8) is 0 Å². The highest BCUT2D eigenvalue weighted by molar-refractivity contribution is 5.70. The van der Waals surface area contributed by atoms with Crippen LogP contribution in [0.2, 0.25) is 0 Å². The molecule has 7 nitrogen and oxygen atoms in total. The number of hydrogen-bond acceptors (Lipinski definition) is 6. The zero-order chi connectivity index (χ0) is 15.4. The molecule has 1 aromatic carbocycles. The number of benzene rings is 1. The minimum Gasteiger partial charge on any atom is -0.493 e. The Morgan fingerprint density at radius 2 is 1.95 bits per heavy atom. The Hall–Kier alpha value is -2.02. The number of nitrogens with zero attached hydrogens (tertiary/aromatic N) is 2. The molecule has 0 aromatic heterocycles. The van der Waals surface area contributed by atoms with Crippen LogP contribution in [-0.4, -0.2) is 44.8 Å². The fourth-order valence-corrected chi connectivity index (χ4v) is 2.47. The molecule has 0 atom stereocenters. The Bertz CT molecular complexity index is 517. The number of rotatable bonds is 7. The van der Waals surface area contributed by atoms with Crippen molar-refractivity contribution in [3.05, 3.63) is 22.2 Å². The van der Waals surface area contributed by atoms with Crippen LogP contribution >= 0.6 is 0 Å². The second kappa shape index (κ2) is 6.62. The van der Waals surface area contributed by atoms with Crippen molar-refractivity contribution in [2.24, 2.45) is 0 Å². The summed E-state index contributed by atoms with van der Waals surface area (Å²) in [6.45, 7) is 4.51. The SMILES string of the molecule is CCCN(c1cc(OC)c(OC)cc1[N+](=O)[O-])C1CNC1. The summed E-state index contributed by atoms with van der Waals surface area (Å²) in [6, 6.07) is 3.41. The number of nitro benzene ring substituents is 1. The van der Waals surface area contributed by atoms with Crippen molar-refractivity contribution >= 4 is 11.4 Å². The second-order valence-electron chi connectivity index (χ2n) is 4.96. The molecule has 1 N–H and O–H groups in total. The van der Waals surface area contributed by atoms with E-state index in [1.54, 1.807) is 6.07 Å². The molecule has 0 bridgehead atoms. The Morgan fingerprint density at radius 1 is 1.33 bits per heavy atom. The molecule has 0 spiro atoms. The average molecular weight is 295 g/mol. The molecule has 2 rings (SSSR count). The van der Waals surface area contributed by atoms with Gasteiger partial charge in [0.05, 0.1) is 31.3 Å². The van der Waals surface area contributed by atoms with Gasteiger partial charge in [0.15, 0.2) is 11.5 Å². The van der Waals surface area contributed by atoms with Crippen LogP contribution in [0.4, 0.5) is 11.4 Å². The van der Waals surface area contributed by atoms with Crippen molar-refractivity contribution in [1.29, 1.82) is 0 Å². The van der Waals surface area contributed by atoms with E-state index in [1.807, 2.05) is 0 Å². The Balaban J connectivity index is 2.49. The Labute approximate surface area is 124 Å². The third-order valence-corrected chi connectivity index (χ3v) is 3.65. The first-order valence-electron chi connectivity index (χ1n) is 7.00. The molecule has 1 aliphatic heterocycles. The summed E-state index contributed by atoms with van der Waals surface area (Å²) in [5.74, 6) is 0.877. The Kier molecular flexibility index (Phi) is 4.85. The number of nitro groups is 1. The van der Waals surface area contributed by atoms with Gasteiger partial charge in [-0.2, -0.15) is 0 Å². The highest BCUT2D eigenvalue weighted by Gasteiger charge is 2.30. The summed E-state index contributed by atoms with van der Waals surface area (Å²) in [7, 11) is 3.00. The second-order valence-corrected chi connectivity index (χ2v) is 4.96. The molecule has 1 heterocycles. The van der Waals surface area contributed by atoms with Gasteiger partial charge in [-0.1, -0.05) is 6.92 Å². The number of nitrogens with one attached hydrogen (secondary N) is 1. The number of hydrogen-bond donors (Lipinski definition) is 1. The summed E-state index contributed by atoms with van der Waals surface area (Å²) < 4.78 is 10.4. The highest BCUT2D eigenvalue weighted by atomic mass is 16.6. The van der Waals surface area contributed by atoms with Gasteiger partial charge in [0.2, 0.25) is 0 Å². The van der Waals surface area contributed by atoms with Gasteiger partial charge in [-0.15, -0.1) is 0 Å². The number of methoxy groups -OCH3 is 2. The van der Waals surface area contributed by atoms with Crippen molar-refractivity contribution in [3.8, 4) is 11.5 Å². The molecule has 1 aromatic rings. The lowest BCUT2D eigenvalue weighted by Crippen LogP contribution is -2.57. The average Bonchev–Trinajstić information content (AvgIpc) is 2.43. The van der Waals surface area contributed by atoms with E-state index >= 15 is 0 Å². The molecule has 0 amide bonds. The van der Waals surface area contributed by atoms with Gasteiger partial charge in [-0.3, -0.25) is 10.1 Å². The summed E-state index contributed by atoms with van der Waals surface area (Å²) in [6.07, 6.45) is 0.919. The maximum Gasteiger partial charge on any atom is 0.296 e. The highest BCUT2D eigenvalue weighted by Crippen LogP contribution is 2.40. The van der Waals surface area contributed by atoms with E-state index in [4.69, 9.17) is 9.47 Å². The van der Waals surface area contributed by atoms with Gasteiger partial charge >= 0.3 is 0 Å². The summed E-state index contributed by atoms with van der Waals surface area (Å²) in [4.78, 5) is 13.1. The molecule has 1 fully saturated rings. The third kappa shape index (κ3) is 3.02. The monoisotopic (exact) mass is 295 g/mol. The van der Waals surface area contributed by atoms with E-state index in [-0.39, 0.29) is 16.7 Å². The summed E-state index contributed by atoms with van der Waals surface area (Å²) in [5.41, 5.74) is 0.638. The normalized spacial score (nSPS) is 14.4. The van der Waals surface area contributed by atoms with Crippen LogP contribution in [0, 0.1) is 10.1 Å². The van der Waals surface area contributed by atoms with Gasteiger partial charge in [0.25, 0.3) is 5.69 Å². The zero-order valence-electron chi connectivity index (χ0n) is 12.6. The van der Waals surface area contributed by atoms with Crippen LogP contribution in [0.5, 0.6) is 11.5 Å². The molecule has 0 saturated carbocycles. The standard InChI is InChI=1S/C14H21N3O4/c1-4-5-16(10-8-15-9-10)11-6-13(20-2)14(21-3)7-12(11)17(18)19/h6-7,10,15H,4-5,8-9H2,1-3H3. The molecule has 116 valence electrons. The third-order valence-electron chi connectivity index (χ3n) is 3.65. The van der Waals surface area contributed by atoms with Gasteiger partial charge in [0.1, 0.15) is 5.69 Å². The molecule has 0 radical (unpaired) electrons. The maximum absolute atomic E-state index is 11.4. The largest absolute Gasteiger partial charge is 0.493 e. The lowest BCUT2D eigenvalue weighted by molar-refractivity contribution is -0.384. The number of anilines is 1. The van der Waals surface area contributed by atoms with E-state index in [2.05, 4.69) is 17.1 Å². The molecular formula is C14H21N3O4. The van der Waals surface area contributed by atoms with Crippen molar-refractivity contribution < 1.29 is 14.4 Å². The first kappa shape index (κ1) is 15.4. The van der Waals surface area contributed by atoms with Crippen LogP contribution in [-0.2, 0) is 0 Å². The topological polar surface area (TPSA) is 76.9 Å². The van der Waals surface area contributed by atoms with Crippen molar-refractivity contribution in [2.75, 3.05) is 38.8 Å². The van der Waals surface area contributed by atoms with E-state index in [1.165, 1.54) is 20.3 Å². The van der Waals surface area contributed by atoms with E-state index in [0.717, 1.165) is 26.1 Å². The predicted octanol–water partition coefficient (Wildman–Crippen LogP) is 1.80. The molecule has 21 heavy (non-hydrogen) atoms. The Morgan fingerprint density at radius 3 is 2.38 bits per heavy atom. The van der Waals surface area contributed by atoms with Crippen LogP contribution in [0.15, 0.2) is 12.1 Å². The van der Waals surface area contributed by atoms with Gasteiger partial charge < -0.3 is 19.7 Å². The molecular weight excluding hydrogens is 274 g/mol. The lowest BCUT2D eigenvalue weighted by Gasteiger charge is -2.39. The lowest BCUT2D eigenvalue weighted by atomic mass is 10.1. The minimum absolute atomic E-state index is 0.0491. The minimum atomic E-state index is -0.369. The predicted molar refractivity (Wildman–Crippen MR) is 80.5 cm³/mol. The molecule has 0 aliphatic carbocycles. The van der Waals surface area contributed by atoms with Crippen LogP contribution < -0.4 is 19.7 Å². The first-order valence-corrected chi connectivity index (χ1v) is 7.00. The fourth-order valence-electron chi connectivity index (χ4n) is 2.47. The van der Waals surface area contributed by atoms with E-state index < -0.39 is 0 Å². The molecule has 1 saturated heterocycles. The van der Waals surface area contributed by atoms with Crippen LogP contribution in [0.1, 0.15) is 13.3 Å². The van der Waals surface area contributed by atoms with Crippen LogP contribution in [0.3, 0.4) is 0 Å². The van der Waals surface area contributed by atoms with Crippen molar-refractivity contribution in [2.45, 2.75) is 19.4 Å². The van der Waals surface area contributed by atoms with E-state index in [9.17, 15) is 10.1 Å². The van der Waals surface area contributed by atoms with Crippen LogP contribution in [0.25, 0.3) is 0 Å². The van der Waals surface area contributed by atoms with E-state index in [0.29, 0.717) is 17.2 Å². The number of ether oxygens (including phenoxy) is 2. The summed E-state index contributed by atoms with van der Waals surface area (Å²) >= 11 is 0. The zero-order valence-corrected chi connectivity index (χ0v) is 12.6. The first-order chi connectivity index (χ1) is 10.1. The molecule has 0 unspecified atom stereocenters. The fraction of sp³-hybridized carbons (Fsp3) is 0.571. The van der Waals surface area contributed by atoms with Gasteiger partial charge in [-0.25, -0.2) is 0 Å². The van der Waals surface area contributed by atoms with Crippen molar-refractivity contribution in [1.82, 2.24) is 5.32 Å². The summed E-state index contributed by atoms with van der Waals surface area (Å²) in [5, 5.41) is 14.6. The molecule has 1 aliphatic rings.